The van der Waals surface area contributed by atoms with E-state index in [-0.39, 0.29) is 22.0 Å². The van der Waals surface area contributed by atoms with Crippen LogP contribution in [-0.2, 0) is 4.74 Å². The van der Waals surface area contributed by atoms with Crippen molar-refractivity contribution in [2.24, 2.45) is 0 Å². The normalized spacial score (nSPS) is 9.71. The van der Waals surface area contributed by atoms with E-state index in [4.69, 9.17) is 32.1 Å². The Morgan fingerprint density at radius 1 is 1.12 bits per heavy atom. The Hall–Kier alpha value is -3.21. The van der Waals surface area contributed by atoms with Crippen molar-refractivity contribution in [1.82, 2.24) is 0 Å². The van der Waals surface area contributed by atoms with Crippen molar-refractivity contribution >= 4 is 29.1 Å². The van der Waals surface area contributed by atoms with Crippen LogP contribution in [0.25, 0.3) is 0 Å². The van der Waals surface area contributed by atoms with Crippen LogP contribution in [-0.4, -0.2) is 11.7 Å². The third-order valence-electron chi connectivity index (χ3n) is 2.46. The highest BCUT2D eigenvalue weighted by Gasteiger charge is 2.17. The number of allylic oxidation sites excluding steroid dienone is 2. The van der Waals surface area contributed by atoms with Gasteiger partial charge < -0.3 is 10.1 Å². The molecule has 0 aliphatic carbocycles. The zero-order valence-corrected chi connectivity index (χ0v) is 14.0. The van der Waals surface area contributed by atoms with Gasteiger partial charge in [-0.3, -0.25) is 5.32 Å². The standard InChI is InChI=1S/C16H14ClN5O2/c1-16(2,3)24-15(23)21-11-4-5-12(17)13(6-11)22-14(9-20)10(7-18)8-19/h4-6,22H,1-3H3,(H,21,23). The summed E-state index contributed by atoms with van der Waals surface area (Å²) < 4.78 is 5.14. The first-order chi connectivity index (χ1) is 11.2. The monoisotopic (exact) mass is 343 g/mol. The maximum atomic E-state index is 11.8. The number of anilines is 2. The van der Waals surface area contributed by atoms with E-state index in [9.17, 15) is 4.79 Å². The first-order valence-corrected chi connectivity index (χ1v) is 7.09. The van der Waals surface area contributed by atoms with E-state index in [1.807, 2.05) is 0 Å². The quantitative estimate of drug-likeness (QED) is 0.802. The fraction of sp³-hybridized carbons (Fsp3) is 0.250. The number of nitrogens with one attached hydrogen (secondary N) is 2. The Kier molecular flexibility index (Phi) is 6.18. The van der Waals surface area contributed by atoms with Crippen LogP contribution < -0.4 is 10.6 Å². The second kappa shape index (κ2) is 7.87. The van der Waals surface area contributed by atoms with Gasteiger partial charge in [-0.25, -0.2) is 4.79 Å². The van der Waals surface area contributed by atoms with Gasteiger partial charge in [-0.2, -0.15) is 15.8 Å². The minimum atomic E-state index is -0.651. The summed E-state index contributed by atoms with van der Waals surface area (Å²) >= 11 is 6.03. The molecular formula is C16H14ClN5O2. The third-order valence-corrected chi connectivity index (χ3v) is 2.79. The lowest BCUT2D eigenvalue weighted by Gasteiger charge is -2.20. The molecule has 0 spiro atoms. The molecule has 0 atom stereocenters. The van der Waals surface area contributed by atoms with Crippen LogP contribution in [0.15, 0.2) is 29.5 Å². The molecule has 1 amide bonds. The lowest BCUT2D eigenvalue weighted by molar-refractivity contribution is 0.0636. The molecule has 0 saturated heterocycles. The van der Waals surface area contributed by atoms with Crippen molar-refractivity contribution in [3.05, 3.63) is 34.5 Å². The first kappa shape index (κ1) is 18.8. The number of benzene rings is 1. The van der Waals surface area contributed by atoms with Gasteiger partial charge in [-0.1, -0.05) is 11.6 Å². The SMILES string of the molecule is CC(C)(C)OC(=O)Nc1ccc(Cl)c(NC(C#N)=C(C#N)C#N)c1. The summed E-state index contributed by atoms with van der Waals surface area (Å²) in [5.74, 6) is 0. The van der Waals surface area contributed by atoms with Gasteiger partial charge in [-0.15, -0.1) is 0 Å². The maximum Gasteiger partial charge on any atom is 0.412 e. The van der Waals surface area contributed by atoms with Crippen molar-refractivity contribution in [3.8, 4) is 18.2 Å². The molecule has 0 bridgehead atoms. The van der Waals surface area contributed by atoms with Crippen LogP contribution in [0.2, 0.25) is 5.02 Å². The molecule has 0 saturated carbocycles. The Morgan fingerprint density at radius 2 is 1.75 bits per heavy atom. The van der Waals surface area contributed by atoms with Crippen LogP contribution >= 0.6 is 11.6 Å². The number of nitrogens with zero attached hydrogens (tertiary/aromatic N) is 3. The number of ether oxygens (including phenoxy) is 1. The molecule has 0 unspecified atom stereocenters. The van der Waals surface area contributed by atoms with Crippen LogP contribution in [0.1, 0.15) is 20.8 Å². The van der Waals surface area contributed by atoms with E-state index in [0.717, 1.165) is 0 Å². The van der Waals surface area contributed by atoms with Crippen molar-refractivity contribution in [1.29, 1.82) is 15.8 Å². The summed E-state index contributed by atoms with van der Waals surface area (Å²) in [4.78, 5) is 11.8. The molecule has 122 valence electrons. The number of rotatable bonds is 3. The number of halogens is 1. The van der Waals surface area contributed by atoms with E-state index in [1.54, 1.807) is 45.0 Å². The Morgan fingerprint density at radius 3 is 2.25 bits per heavy atom. The van der Waals surface area contributed by atoms with Crippen molar-refractivity contribution < 1.29 is 9.53 Å². The van der Waals surface area contributed by atoms with Gasteiger partial charge in [0.1, 0.15) is 29.5 Å². The average molecular weight is 344 g/mol. The number of amides is 1. The van der Waals surface area contributed by atoms with Gasteiger partial charge in [0.15, 0.2) is 5.57 Å². The molecule has 1 rings (SSSR count). The average Bonchev–Trinajstić information content (AvgIpc) is 2.48. The van der Waals surface area contributed by atoms with Gasteiger partial charge in [0.25, 0.3) is 0 Å². The summed E-state index contributed by atoms with van der Waals surface area (Å²) in [6.07, 6.45) is -0.651. The predicted octanol–water partition coefficient (Wildman–Crippen LogP) is 3.92. The van der Waals surface area contributed by atoms with Crippen molar-refractivity contribution in [2.45, 2.75) is 26.4 Å². The Balaban J connectivity index is 3.06. The summed E-state index contributed by atoms with van der Waals surface area (Å²) in [6, 6.07) is 9.44. The van der Waals surface area contributed by atoms with Gasteiger partial charge in [-0.05, 0) is 39.0 Å². The highest BCUT2D eigenvalue weighted by molar-refractivity contribution is 6.33. The number of nitriles is 3. The van der Waals surface area contributed by atoms with E-state index in [0.29, 0.717) is 5.69 Å². The highest BCUT2D eigenvalue weighted by Crippen LogP contribution is 2.27. The minimum Gasteiger partial charge on any atom is -0.444 e. The Bertz CT molecular complexity index is 788. The summed E-state index contributed by atoms with van der Waals surface area (Å²) in [5.41, 5.74) is -0.646. The molecule has 0 radical (unpaired) electrons. The van der Waals surface area contributed by atoms with E-state index >= 15 is 0 Å². The molecule has 0 fully saturated rings. The molecular weight excluding hydrogens is 330 g/mol. The molecule has 0 aliphatic rings. The predicted molar refractivity (Wildman–Crippen MR) is 88.8 cm³/mol. The zero-order chi connectivity index (χ0) is 18.3. The second-order valence-corrected chi connectivity index (χ2v) is 5.94. The molecule has 0 heterocycles. The Labute approximate surface area is 144 Å². The first-order valence-electron chi connectivity index (χ1n) is 6.71. The lowest BCUT2D eigenvalue weighted by atomic mass is 10.2. The smallest absolute Gasteiger partial charge is 0.412 e. The second-order valence-electron chi connectivity index (χ2n) is 5.53. The summed E-state index contributed by atoms with van der Waals surface area (Å²) in [6.45, 7) is 5.20. The minimum absolute atomic E-state index is 0.240. The van der Waals surface area contributed by atoms with E-state index in [1.165, 1.54) is 12.1 Å². The number of hydrogen-bond donors (Lipinski definition) is 2. The molecule has 7 nitrogen and oxygen atoms in total. The van der Waals surface area contributed by atoms with Crippen LogP contribution in [0.4, 0.5) is 16.2 Å². The lowest BCUT2D eigenvalue weighted by Crippen LogP contribution is -2.27. The van der Waals surface area contributed by atoms with E-state index in [2.05, 4.69) is 10.6 Å². The number of carbonyl (C=O) groups is 1. The van der Waals surface area contributed by atoms with Crippen LogP contribution in [0, 0.1) is 34.0 Å². The topological polar surface area (TPSA) is 122 Å². The van der Waals surface area contributed by atoms with Crippen LogP contribution in [0.5, 0.6) is 0 Å². The van der Waals surface area contributed by atoms with Gasteiger partial charge >= 0.3 is 6.09 Å². The van der Waals surface area contributed by atoms with Gasteiger partial charge in [0, 0.05) is 5.69 Å². The molecule has 1 aromatic rings. The van der Waals surface area contributed by atoms with Crippen molar-refractivity contribution in [3.63, 3.8) is 0 Å². The van der Waals surface area contributed by atoms with Gasteiger partial charge in [0.2, 0.25) is 0 Å². The maximum absolute atomic E-state index is 11.8. The molecule has 8 heteroatoms. The van der Waals surface area contributed by atoms with Gasteiger partial charge in [0.05, 0.1) is 10.7 Å². The van der Waals surface area contributed by atoms with Crippen LogP contribution in [0.3, 0.4) is 0 Å². The fourth-order valence-corrected chi connectivity index (χ4v) is 1.70. The number of hydrogen-bond acceptors (Lipinski definition) is 6. The number of carbonyl (C=O) groups excluding carboxylic acids is 1. The van der Waals surface area contributed by atoms with E-state index < -0.39 is 11.7 Å². The molecule has 0 aromatic heterocycles. The molecule has 24 heavy (non-hydrogen) atoms. The largest absolute Gasteiger partial charge is 0.444 e. The van der Waals surface area contributed by atoms with Crippen molar-refractivity contribution in [2.75, 3.05) is 10.6 Å². The summed E-state index contributed by atoms with van der Waals surface area (Å²) in [5, 5.41) is 32.1. The summed E-state index contributed by atoms with van der Waals surface area (Å²) in [7, 11) is 0. The third kappa shape index (κ3) is 5.53. The molecule has 1 aromatic carbocycles. The zero-order valence-electron chi connectivity index (χ0n) is 13.3. The molecule has 2 N–H and O–H groups in total. The highest BCUT2D eigenvalue weighted by atomic mass is 35.5. The molecule has 0 aliphatic heterocycles. The fourth-order valence-electron chi connectivity index (χ4n) is 1.54.